The minimum absolute atomic E-state index is 0.0399. The van der Waals surface area contributed by atoms with Crippen LogP contribution in [0.5, 0.6) is 0 Å². The van der Waals surface area contributed by atoms with E-state index in [1.807, 2.05) is 20.8 Å². The number of carbonyl (C=O) groups excluding carboxylic acids is 6. The molecule has 1 saturated heterocycles. The van der Waals surface area contributed by atoms with E-state index >= 15 is 0 Å². The van der Waals surface area contributed by atoms with Gasteiger partial charge in [-0.25, -0.2) is 0 Å². The molecule has 1 fully saturated rings. The van der Waals surface area contributed by atoms with Crippen LogP contribution in [0.3, 0.4) is 0 Å². The third-order valence-electron chi connectivity index (χ3n) is 12.4. The van der Waals surface area contributed by atoms with E-state index < -0.39 is 11.9 Å². The highest BCUT2D eigenvalue weighted by atomic mass is 16.6. The molecule has 6 amide bonds. The molecule has 0 saturated carbocycles. The van der Waals surface area contributed by atoms with Gasteiger partial charge in [0.05, 0.1) is 145 Å². The Morgan fingerprint density at radius 2 is 0.886 bits per heavy atom. The lowest BCUT2D eigenvalue weighted by Crippen LogP contribution is -2.44. The number of nitrogens with two attached hydrogens (primary N) is 1. The Morgan fingerprint density at radius 1 is 0.481 bits per heavy atom. The summed E-state index contributed by atoms with van der Waals surface area (Å²) in [5.41, 5.74) is 5.22. The number of amides is 6. The Bertz CT molecular complexity index is 1530. The summed E-state index contributed by atoms with van der Waals surface area (Å²) in [5.74, 6) is -1.88. The van der Waals surface area contributed by atoms with Crippen molar-refractivity contribution < 1.29 is 85.6 Å². The first-order chi connectivity index (χ1) is 38.4. The summed E-state index contributed by atoms with van der Waals surface area (Å²) in [5, 5.41) is 8.32. The standard InChI is InChI=1S/C56H105N5O18/c1-5-6-7-8-9-10-11-12-13-18-51(63)60-49(54(57)66)17-14-15-20-58-52(64)47-79-24-16-23-68-26-28-70-30-32-72-34-36-74-38-40-76-42-44-78-45-43-77-41-39-75-37-35-73-33-31-71-29-27-69-25-21-59-50(62)19-22-61-53(65)46-48(55(61)67)56(2,3)4/h48-49H,5-47H2,1-4H3,(H2,57,66)(H,58,64)(H,59,62)(H,60,63). The van der Waals surface area contributed by atoms with Crippen LogP contribution in [-0.4, -0.2) is 225 Å². The molecule has 462 valence electrons. The van der Waals surface area contributed by atoms with Gasteiger partial charge in [0.25, 0.3) is 0 Å². The number of likely N-dealkylation sites (tertiary alicyclic amines) is 1. The maximum absolute atomic E-state index is 12.5. The van der Waals surface area contributed by atoms with Crippen LogP contribution in [0.4, 0.5) is 0 Å². The third kappa shape index (κ3) is 45.8. The van der Waals surface area contributed by atoms with Crippen LogP contribution in [0.1, 0.15) is 130 Å². The number of imide groups is 1. The molecule has 2 unspecified atom stereocenters. The van der Waals surface area contributed by atoms with Gasteiger partial charge in [-0.05, 0) is 37.5 Å². The molecule has 79 heavy (non-hydrogen) atoms. The van der Waals surface area contributed by atoms with Gasteiger partial charge in [0.1, 0.15) is 12.6 Å². The largest absolute Gasteiger partial charge is 0.379 e. The summed E-state index contributed by atoms with van der Waals surface area (Å²) in [7, 11) is 0. The smallest absolute Gasteiger partial charge is 0.245 e. The van der Waals surface area contributed by atoms with Gasteiger partial charge in [0, 0.05) is 52.1 Å². The Hall–Kier alpha value is -3.46. The SMILES string of the molecule is CCCCCCCCCCCC(=O)NC(CCCCNC(=O)COCCCOCCOCCOCCOCCOCCOCCOCCOCCOCCOCCOCCNC(=O)CCN1C(=O)CC(C(C)(C)C)C1=O)C(N)=O. The van der Waals surface area contributed by atoms with Crippen molar-refractivity contribution in [2.45, 2.75) is 136 Å². The van der Waals surface area contributed by atoms with Crippen molar-refractivity contribution in [1.29, 1.82) is 0 Å². The Morgan fingerprint density at radius 3 is 1.32 bits per heavy atom. The molecule has 23 heteroatoms. The molecule has 0 radical (unpaired) electrons. The fraction of sp³-hybridized carbons (Fsp3) is 0.893. The van der Waals surface area contributed by atoms with E-state index in [0.717, 1.165) is 19.3 Å². The lowest BCUT2D eigenvalue weighted by Gasteiger charge is -2.24. The molecule has 0 bridgehead atoms. The van der Waals surface area contributed by atoms with Gasteiger partial charge in [0.2, 0.25) is 35.4 Å². The van der Waals surface area contributed by atoms with Gasteiger partial charge < -0.3 is 78.5 Å². The van der Waals surface area contributed by atoms with Crippen LogP contribution in [0.15, 0.2) is 0 Å². The molecule has 0 aromatic heterocycles. The van der Waals surface area contributed by atoms with Gasteiger partial charge in [-0.3, -0.25) is 33.7 Å². The number of nitrogens with zero attached hydrogens (tertiary/aromatic N) is 1. The Labute approximate surface area is 472 Å². The van der Waals surface area contributed by atoms with Crippen LogP contribution >= 0.6 is 0 Å². The Balaban J connectivity index is 1.72. The minimum atomic E-state index is -0.697. The highest BCUT2D eigenvalue weighted by Gasteiger charge is 2.44. The van der Waals surface area contributed by atoms with E-state index in [-0.39, 0.29) is 66.9 Å². The predicted molar refractivity (Wildman–Crippen MR) is 296 cm³/mol. The molecule has 23 nitrogen and oxygen atoms in total. The van der Waals surface area contributed by atoms with E-state index in [1.165, 1.54) is 43.4 Å². The fourth-order valence-electron chi connectivity index (χ4n) is 7.79. The number of hydrogen-bond donors (Lipinski definition) is 4. The summed E-state index contributed by atoms with van der Waals surface area (Å²) in [4.78, 5) is 74.4. The zero-order valence-electron chi connectivity index (χ0n) is 48.9. The first-order valence-corrected chi connectivity index (χ1v) is 29.3. The van der Waals surface area contributed by atoms with Gasteiger partial charge >= 0.3 is 0 Å². The highest BCUT2D eigenvalue weighted by Crippen LogP contribution is 2.35. The summed E-state index contributed by atoms with van der Waals surface area (Å²) < 4.78 is 66.0. The molecule has 0 spiro atoms. The van der Waals surface area contributed by atoms with Crippen molar-refractivity contribution >= 4 is 35.4 Å². The fourth-order valence-corrected chi connectivity index (χ4v) is 7.79. The first-order valence-electron chi connectivity index (χ1n) is 29.3. The van der Waals surface area contributed by atoms with Gasteiger partial charge in [0.15, 0.2) is 0 Å². The van der Waals surface area contributed by atoms with Crippen LogP contribution in [0.2, 0.25) is 0 Å². The second-order valence-corrected chi connectivity index (χ2v) is 20.2. The first kappa shape index (κ1) is 73.6. The summed E-state index contributed by atoms with van der Waals surface area (Å²) in [6.45, 7) is 19.0. The molecule has 1 heterocycles. The average molecular weight is 1140 g/mol. The number of primary amides is 1. The van der Waals surface area contributed by atoms with E-state index in [0.29, 0.717) is 197 Å². The molecule has 1 aliphatic heterocycles. The van der Waals surface area contributed by atoms with Crippen molar-refractivity contribution in [2.24, 2.45) is 17.1 Å². The normalized spacial score (nSPS) is 14.1. The van der Waals surface area contributed by atoms with E-state index in [2.05, 4.69) is 22.9 Å². The summed E-state index contributed by atoms with van der Waals surface area (Å²) >= 11 is 0. The number of nitrogens with one attached hydrogen (secondary N) is 3. The molecule has 1 rings (SSSR count). The van der Waals surface area contributed by atoms with Crippen molar-refractivity contribution in [2.75, 3.05) is 178 Å². The topological polar surface area (TPSA) is 279 Å². The van der Waals surface area contributed by atoms with Crippen molar-refractivity contribution in [3.8, 4) is 0 Å². The maximum Gasteiger partial charge on any atom is 0.245 e. The molecular formula is C56H105N5O18. The Kier molecular flexibility index (Phi) is 49.0. The quantitative estimate of drug-likeness (QED) is 0.0499. The van der Waals surface area contributed by atoms with Crippen molar-refractivity contribution in [3.05, 3.63) is 0 Å². The number of rotatable bonds is 59. The number of hydrogen-bond acceptors (Lipinski definition) is 18. The van der Waals surface area contributed by atoms with Gasteiger partial charge in [-0.2, -0.15) is 0 Å². The number of ether oxygens (including phenoxy) is 12. The molecular weight excluding hydrogens is 1030 g/mol. The van der Waals surface area contributed by atoms with Gasteiger partial charge in [-0.1, -0.05) is 79.1 Å². The van der Waals surface area contributed by atoms with E-state index in [4.69, 9.17) is 62.6 Å². The van der Waals surface area contributed by atoms with E-state index in [9.17, 15) is 28.8 Å². The number of carbonyl (C=O) groups is 6. The summed E-state index contributed by atoms with van der Waals surface area (Å²) in [6.07, 6.45) is 13.6. The molecule has 2 atom stereocenters. The van der Waals surface area contributed by atoms with Crippen molar-refractivity contribution in [3.63, 3.8) is 0 Å². The second-order valence-electron chi connectivity index (χ2n) is 20.2. The summed E-state index contributed by atoms with van der Waals surface area (Å²) in [6, 6.07) is -0.697. The predicted octanol–water partition coefficient (Wildman–Crippen LogP) is 3.68. The van der Waals surface area contributed by atoms with Gasteiger partial charge in [-0.15, -0.1) is 0 Å². The molecule has 0 aliphatic carbocycles. The van der Waals surface area contributed by atoms with Crippen LogP contribution in [0.25, 0.3) is 0 Å². The third-order valence-corrected chi connectivity index (χ3v) is 12.4. The monoisotopic (exact) mass is 1140 g/mol. The minimum Gasteiger partial charge on any atom is -0.379 e. The maximum atomic E-state index is 12.5. The number of unbranched alkanes of at least 4 members (excludes halogenated alkanes) is 9. The highest BCUT2D eigenvalue weighted by molar-refractivity contribution is 6.04. The average Bonchev–Trinajstić information content (AvgIpc) is 3.72. The second kappa shape index (κ2) is 52.6. The molecule has 1 aliphatic rings. The van der Waals surface area contributed by atoms with Crippen molar-refractivity contribution in [1.82, 2.24) is 20.9 Å². The molecule has 0 aromatic rings. The van der Waals surface area contributed by atoms with Crippen LogP contribution in [0, 0.1) is 11.3 Å². The van der Waals surface area contributed by atoms with E-state index in [1.54, 1.807) is 0 Å². The zero-order valence-corrected chi connectivity index (χ0v) is 48.9. The lowest BCUT2D eigenvalue weighted by molar-refractivity contribution is -0.140. The molecule has 0 aromatic carbocycles. The van der Waals surface area contributed by atoms with Crippen LogP contribution < -0.4 is 21.7 Å². The van der Waals surface area contributed by atoms with Crippen LogP contribution in [-0.2, 0) is 85.6 Å². The lowest BCUT2D eigenvalue weighted by atomic mass is 9.80. The molecule has 5 N–H and O–H groups in total. The zero-order chi connectivity index (χ0) is 57.7.